The highest BCUT2D eigenvalue weighted by Gasteiger charge is 2.36. The molecule has 0 saturated heterocycles. The number of carbonyl (C=O) groups excluding carboxylic acids is 1. The first-order valence-electron chi connectivity index (χ1n) is 7.81. The molecule has 23 heavy (non-hydrogen) atoms. The molecule has 2 aromatic carbocycles. The zero-order chi connectivity index (χ0) is 16.4. The first-order valence-corrected chi connectivity index (χ1v) is 7.81. The lowest BCUT2D eigenvalue weighted by molar-refractivity contribution is -0.0206. The normalized spacial score (nSPS) is 19.7. The number of carbonyl (C=O) groups is 1. The Balaban J connectivity index is 1.93. The fourth-order valence-electron chi connectivity index (χ4n) is 3.21. The predicted molar refractivity (Wildman–Crippen MR) is 90.3 cm³/mol. The van der Waals surface area contributed by atoms with Crippen molar-refractivity contribution < 1.29 is 14.6 Å². The summed E-state index contributed by atoms with van der Waals surface area (Å²) in [6, 6.07) is 12.9. The molecule has 1 aliphatic carbocycles. The first kappa shape index (κ1) is 15.3. The van der Waals surface area contributed by atoms with Crippen molar-refractivity contribution in [1.82, 2.24) is 0 Å². The van der Waals surface area contributed by atoms with E-state index in [4.69, 9.17) is 4.74 Å². The summed E-state index contributed by atoms with van der Waals surface area (Å²) in [7, 11) is 0. The van der Waals surface area contributed by atoms with Crippen molar-refractivity contribution in [2.24, 2.45) is 0 Å². The van der Waals surface area contributed by atoms with Crippen molar-refractivity contribution in [3.05, 3.63) is 71.3 Å². The van der Waals surface area contributed by atoms with Crippen molar-refractivity contribution in [3.63, 3.8) is 0 Å². The van der Waals surface area contributed by atoms with Gasteiger partial charge in [-0.3, -0.25) is 0 Å². The van der Waals surface area contributed by atoms with E-state index in [0.29, 0.717) is 0 Å². The molecule has 1 unspecified atom stereocenters. The van der Waals surface area contributed by atoms with Crippen LogP contribution in [-0.4, -0.2) is 11.1 Å². The Bertz CT molecular complexity index is 763. The van der Waals surface area contributed by atoms with Crippen LogP contribution < -0.4 is 0 Å². The van der Waals surface area contributed by atoms with E-state index >= 15 is 0 Å². The van der Waals surface area contributed by atoms with E-state index in [9.17, 15) is 9.90 Å². The van der Waals surface area contributed by atoms with Crippen LogP contribution in [0.1, 0.15) is 46.8 Å². The Morgan fingerprint density at radius 3 is 2.87 bits per heavy atom. The average Bonchev–Trinajstić information content (AvgIpc) is 2.55. The highest BCUT2D eigenvalue weighted by Crippen LogP contribution is 2.39. The van der Waals surface area contributed by atoms with E-state index in [2.05, 4.69) is 12.6 Å². The topological polar surface area (TPSA) is 46.5 Å². The number of hydrogen-bond acceptors (Lipinski definition) is 3. The number of aromatic hydroxyl groups is 1. The molecule has 0 spiro atoms. The van der Waals surface area contributed by atoms with Crippen LogP contribution in [0.5, 0.6) is 5.75 Å². The molecule has 0 amide bonds. The van der Waals surface area contributed by atoms with Crippen molar-refractivity contribution in [2.45, 2.75) is 31.8 Å². The van der Waals surface area contributed by atoms with Gasteiger partial charge in [0, 0.05) is 0 Å². The first-order chi connectivity index (χ1) is 11.0. The van der Waals surface area contributed by atoms with Crippen LogP contribution in [0.15, 0.2) is 49.0 Å². The van der Waals surface area contributed by atoms with Gasteiger partial charge in [0.2, 0.25) is 0 Å². The van der Waals surface area contributed by atoms with Crippen molar-refractivity contribution in [1.29, 1.82) is 0 Å². The van der Waals surface area contributed by atoms with E-state index in [1.54, 1.807) is 18.2 Å². The fourth-order valence-corrected chi connectivity index (χ4v) is 3.21. The van der Waals surface area contributed by atoms with E-state index in [1.807, 2.05) is 25.1 Å². The minimum Gasteiger partial charge on any atom is -0.507 e. The van der Waals surface area contributed by atoms with Crippen molar-refractivity contribution in [2.75, 3.05) is 0 Å². The van der Waals surface area contributed by atoms with Crippen LogP contribution in [0.4, 0.5) is 0 Å². The SMILES string of the molecule is C=Cc1ccc(O)c(C(=O)OC2(C)CCCc3ccccc32)c1. The molecule has 3 heteroatoms. The van der Waals surface area contributed by atoms with Gasteiger partial charge in [-0.1, -0.05) is 43.0 Å². The minimum atomic E-state index is -0.664. The molecular weight excluding hydrogens is 288 g/mol. The van der Waals surface area contributed by atoms with Gasteiger partial charge in [-0.2, -0.15) is 0 Å². The summed E-state index contributed by atoms with van der Waals surface area (Å²) in [5, 5.41) is 9.97. The van der Waals surface area contributed by atoms with E-state index in [-0.39, 0.29) is 11.3 Å². The number of rotatable bonds is 3. The van der Waals surface area contributed by atoms with Crippen LogP contribution >= 0.6 is 0 Å². The van der Waals surface area contributed by atoms with E-state index < -0.39 is 11.6 Å². The molecule has 0 aliphatic heterocycles. The lowest BCUT2D eigenvalue weighted by atomic mass is 9.80. The van der Waals surface area contributed by atoms with Crippen LogP contribution in [-0.2, 0) is 16.8 Å². The number of hydrogen-bond donors (Lipinski definition) is 1. The third kappa shape index (κ3) is 2.87. The quantitative estimate of drug-likeness (QED) is 0.852. The van der Waals surface area contributed by atoms with Gasteiger partial charge >= 0.3 is 5.97 Å². The smallest absolute Gasteiger partial charge is 0.342 e. The molecular formula is C20H20O3. The largest absolute Gasteiger partial charge is 0.507 e. The van der Waals surface area contributed by atoms with Crippen LogP contribution in [0.3, 0.4) is 0 Å². The van der Waals surface area contributed by atoms with Gasteiger partial charge in [0.05, 0.1) is 0 Å². The van der Waals surface area contributed by atoms with Gasteiger partial charge in [0.1, 0.15) is 16.9 Å². The Labute approximate surface area is 136 Å². The molecule has 3 rings (SSSR count). The second-order valence-electron chi connectivity index (χ2n) is 6.11. The molecule has 0 aromatic heterocycles. The van der Waals surface area contributed by atoms with Gasteiger partial charge in [0.15, 0.2) is 0 Å². The lowest BCUT2D eigenvalue weighted by Gasteiger charge is -2.35. The molecule has 3 nitrogen and oxygen atoms in total. The Hall–Kier alpha value is -2.55. The van der Waals surface area contributed by atoms with E-state index in [0.717, 1.165) is 30.4 Å². The maximum Gasteiger partial charge on any atom is 0.342 e. The molecule has 0 bridgehead atoms. The molecule has 1 atom stereocenters. The zero-order valence-electron chi connectivity index (χ0n) is 13.2. The Morgan fingerprint density at radius 2 is 2.09 bits per heavy atom. The summed E-state index contributed by atoms with van der Waals surface area (Å²) in [6.45, 7) is 5.63. The minimum absolute atomic E-state index is 0.0757. The Kier molecular flexibility index (Phi) is 3.95. The van der Waals surface area contributed by atoms with Gasteiger partial charge in [-0.25, -0.2) is 4.79 Å². The lowest BCUT2D eigenvalue weighted by Crippen LogP contribution is -2.33. The second kappa shape index (κ2) is 5.92. The summed E-state index contributed by atoms with van der Waals surface area (Å²) in [4.78, 5) is 12.6. The molecule has 118 valence electrons. The summed E-state index contributed by atoms with van der Waals surface area (Å²) in [5.41, 5.74) is 2.55. The monoisotopic (exact) mass is 308 g/mol. The second-order valence-corrected chi connectivity index (χ2v) is 6.11. The number of phenols is 1. The number of phenolic OH excluding ortho intramolecular Hbond substituents is 1. The van der Waals surface area contributed by atoms with Gasteiger partial charge in [-0.05, 0) is 55.0 Å². The number of esters is 1. The zero-order valence-corrected chi connectivity index (χ0v) is 13.2. The van der Waals surface area contributed by atoms with Crippen LogP contribution in [0, 0.1) is 0 Å². The molecule has 0 heterocycles. The number of fused-ring (bicyclic) bond motifs is 1. The maximum atomic E-state index is 12.6. The summed E-state index contributed by atoms with van der Waals surface area (Å²) < 4.78 is 5.84. The highest BCUT2D eigenvalue weighted by atomic mass is 16.6. The number of aryl methyl sites for hydroxylation is 1. The Morgan fingerprint density at radius 1 is 1.30 bits per heavy atom. The third-order valence-electron chi connectivity index (χ3n) is 4.48. The number of ether oxygens (including phenoxy) is 1. The highest BCUT2D eigenvalue weighted by molar-refractivity contribution is 5.93. The number of benzene rings is 2. The fraction of sp³-hybridized carbons (Fsp3) is 0.250. The third-order valence-corrected chi connectivity index (χ3v) is 4.48. The standard InChI is InChI=1S/C20H20O3/c1-3-14-10-11-18(21)16(13-14)19(22)23-20(2)12-6-8-15-7-4-5-9-17(15)20/h3-5,7,9-11,13,21H,1,6,8,12H2,2H3. The van der Waals surface area contributed by atoms with E-state index in [1.165, 1.54) is 11.6 Å². The van der Waals surface area contributed by atoms with Crippen molar-refractivity contribution in [3.8, 4) is 5.75 Å². The average molecular weight is 308 g/mol. The molecule has 0 saturated carbocycles. The van der Waals surface area contributed by atoms with Gasteiger partial charge in [0.25, 0.3) is 0 Å². The summed E-state index contributed by atoms with van der Waals surface area (Å²) >= 11 is 0. The van der Waals surface area contributed by atoms with Crippen LogP contribution in [0.25, 0.3) is 6.08 Å². The molecule has 1 aliphatic rings. The molecule has 0 fully saturated rings. The summed E-state index contributed by atoms with van der Waals surface area (Å²) in [5.74, 6) is -0.585. The van der Waals surface area contributed by atoms with Crippen molar-refractivity contribution >= 4 is 12.0 Å². The van der Waals surface area contributed by atoms with Gasteiger partial charge in [-0.15, -0.1) is 0 Å². The molecule has 2 aromatic rings. The molecule has 1 N–H and O–H groups in total. The summed E-state index contributed by atoms with van der Waals surface area (Å²) in [6.07, 6.45) is 4.38. The molecule has 0 radical (unpaired) electrons. The maximum absolute atomic E-state index is 12.6. The van der Waals surface area contributed by atoms with Gasteiger partial charge < -0.3 is 9.84 Å². The van der Waals surface area contributed by atoms with Crippen LogP contribution in [0.2, 0.25) is 0 Å². The predicted octanol–water partition coefficient (Wildman–Crippen LogP) is 4.44.